The molecule has 0 unspecified atom stereocenters. The van der Waals surface area contributed by atoms with Crippen LogP contribution in [-0.2, 0) is 0 Å². The number of halogens is 3. The second-order valence-electron chi connectivity index (χ2n) is 4.04. The van der Waals surface area contributed by atoms with Crippen molar-refractivity contribution in [3.8, 4) is 0 Å². The van der Waals surface area contributed by atoms with Gasteiger partial charge in [0, 0.05) is 30.0 Å². The Morgan fingerprint density at radius 3 is 2.19 bits per heavy atom. The predicted molar refractivity (Wildman–Crippen MR) is 70.5 cm³/mol. The molecule has 4 N–H and O–H groups in total. The number of rotatable bonds is 4. The minimum absolute atomic E-state index is 0.0852. The van der Waals surface area contributed by atoms with E-state index >= 15 is 0 Å². The quantitative estimate of drug-likeness (QED) is 0.349. The minimum atomic E-state index is -1.33. The molecule has 0 aromatic heterocycles. The van der Waals surface area contributed by atoms with Crippen LogP contribution in [0.4, 0.5) is 35.9 Å². The molecule has 6 nitrogen and oxygen atoms in total. The summed E-state index contributed by atoms with van der Waals surface area (Å²) in [5.74, 6) is 1.55. The first kappa shape index (κ1) is 14.6. The molecule has 0 saturated carbocycles. The number of non-ortho nitro benzene ring substituents is 1. The summed E-state index contributed by atoms with van der Waals surface area (Å²) in [7, 11) is 0. The fraction of sp³-hybridized carbons (Fsp3) is 0. The van der Waals surface area contributed by atoms with Crippen LogP contribution in [0.2, 0.25) is 0 Å². The molecule has 0 fully saturated rings. The second kappa shape index (κ2) is 5.67. The second-order valence-corrected chi connectivity index (χ2v) is 4.04. The van der Waals surface area contributed by atoms with Gasteiger partial charge in [-0.1, -0.05) is 0 Å². The molecule has 0 aliphatic carbocycles. The van der Waals surface area contributed by atoms with Crippen LogP contribution in [0.1, 0.15) is 0 Å². The molecule has 2 aromatic rings. The van der Waals surface area contributed by atoms with Crippen LogP contribution in [0.3, 0.4) is 0 Å². The van der Waals surface area contributed by atoms with Crippen molar-refractivity contribution >= 4 is 22.7 Å². The lowest BCUT2D eigenvalue weighted by atomic mass is 10.2. The Kier molecular flexibility index (Phi) is 3.94. The van der Waals surface area contributed by atoms with E-state index in [1.54, 1.807) is 0 Å². The zero-order valence-corrected chi connectivity index (χ0v) is 10.4. The Balaban J connectivity index is 2.41. The Labute approximate surface area is 116 Å². The molecular weight excluding hydrogens is 289 g/mol. The van der Waals surface area contributed by atoms with Crippen molar-refractivity contribution in [2.45, 2.75) is 0 Å². The van der Waals surface area contributed by atoms with Gasteiger partial charge in [0.1, 0.15) is 5.82 Å². The Hall–Kier alpha value is -2.81. The number of hydrazine groups is 1. The van der Waals surface area contributed by atoms with E-state index < -0.39 is 22.4 Å². The van der Waals surface area contributed by atoms with E-state index in [4.69, 9.17) is 5.84 Å². The van der Waals surface area contributed by atoms with Crippen LogP contribution in [0.25, 0.3) is 0 Å². The number of nitrogens with zero attached hydrogens (tertiary/aromatic N) is 1. The molecule has 0 saturated heterocycles. The van der Waals surface area contributed by atoms with E-state index in [-0.39, 0.29) is 22.7 Å². The number of nitro benzene ring substituents is 1. The van der Waals surface area contributed by atoms with Gasteiger partial charge in [-0.15, -0.1) is 0 Å². The number of anilines is 3. The highest BCUT2D eigenvalue weighted by molar-refractivity contribution is 5.68. The van der Waals surface area contributed by atoms with Crippen molar-refractivity contribution in [2.24, 2.45) is 5.84 Å². The number of nitrogens with two attached hydrogens (primary N) is 1. The molecule has 0 heterocycles. The van der Waals surface area contributed by atoms with Crippen molar-refractivity contribution in [3.63, 3.8) is 0 Å². The molecule has 0 bridgehead atoms. The largest absolute Gasteiger partial charge is 0.353 e. The molecule has 110 valence electrons. The Bertz CT molecular complexity index is 709. The molecule has 21 heavy (non-hydrogen) atoms. The zero-order valence-electron chi connectivity index (χ0n) is 10.4. The van der Waals surface area contributed by atoms with Gasteiger partial charge in [-0.05, 0) is 6.07 Å². The van der Waals surface area contributed by atoms with Crippen LogP contribution in [0.15, 0.2) is 30.3 Å². The summed E-state index contributed by atoms with van der Waals surface area (Å²) in [5.41, 5.74) is 1.81. The number of benzene rings is 2. The lowest BCUT2D eigenvalue weighted by molar-refractivity contribution is -0.384. The number of nitrogens with one attached hydrogen (secondary N) is 2. The van der Waals surface area contributed by atoms with Crippen LogP contribution < -0.4 is 16.6 Å². The van der Waals surface area contributed by atoms with E-state index in [1.165, 1.54) is 6.07 Å². The van der Waals surface area contributed by atoms with Crippen LogP contribution in [-0.4, -0.2) is 4.92 Å². The number of nitrogen functional groups attached to an aromatic ring is 1. The van der Waals surface area contributed by atoms with Gasteiger partial charge < -0.3 is 10.7 Å². The van der Waals surface area contributed by atoms with E-state index in [1.807, 2.05) is 0 Å². The van der Waals surface area contributed by atoms with Gasteiger partial charge in [-0.2, -0.15) is 0 Å². The van der Waals surface area contributed by atoms with Gasteiger partial charge in [0.05, 0.1) is 16.3 Å². The summed E-state index contributed by atoms with van der Waals surface area (Å²) in [6.07, 6.45) is 0. The summed E-state index contributed by atoms with van der Waals surface area (Å²) in [6, 6.07) is 4.58. The third kappa shape index (κ3) is 3.20. The van der Waals surface area contributed by atoms with Crippen molar-refractivity contribution < 1.29 is 18.1 Å². The monoisotopic (exact) mass is 298 g/mol. The van der Waals surface area contributed by atoms with E-state index in [9.17, 15) is 23.3 Å². The van der Waals surface area contributed by atoms with Crippen molar-refractivity contribution in [1.29, 1.82) is 0 Å². The lowest BCUT2D eigenvalue weighted by Crippen LogP contribution is -2.07. The molecule has 0 radical (unpaired) electrons. The average molecular weight is 298 g/mol. The molecule has 0 spiro atoms. The number of hydrogen-bond donors (Lipinski definition) is 3. The molecule has 0 atom stereocenters. The van der Waals surface area contributed by atoms with E-state index in [0.717, 1.165) is 12.1 Å². The maximum Gasteiger partial charge on any atom is 0.273 e. The maximum atomic E-state index is 13.5. The van der Waals surface area contributed by atoms with Crippen molar-refractivity contribution in [1.82, 2.24) is 0 Å². The van der Waals surface area contributed by atoms with Crippen LogP contribution in [0.5, 0.6) is 0 Å². The highest BCUT2D eigenvalue weighted by atomic mass is 19.2. The third-order valence-corrected chi connectivity index (χ3v) is 2.58. The molecule has 0 aliphatic heterocycles. The third-order valence-electron chi connectivity index (χ3n) is 2.58. The minimum Gasteiger partial charge on any atom is -0.353 e. The number of hydrogen-bond acceptors (Lipinski definition) is 5. The van der Waals surface area contributed by atoms with Gasteiger partial charge in [0.2, 0.25) is 0 Å². The van der Waals surface area contributed by atoms with Crippen LogP contribution >= 0.6 is 0 Å². The first-order valence-corrected chi connectivity index (χ1v) is 5.58. The molecule has 2 aromatic carbocycles. The van der Waals surface area contributed by atoms with Gasteiger partial charge in [-0.25, -0.2) is 13.2 Å². The summed E-state index contributed by atoms with van der Waals surface area (Å²) in [6.45, 7) is 0. The summed E-state index contributed by atoms with van der Waals surface area (Å²) in [4.78, 5) is 10.1. The SMILES string of the molecule is NNc1cc(Nc2cc(F)c(F)cc2F)cc([N+](=O)[O-])c1. The first-order valence-electron chi connectivity index (χ1n) is 5.58. The van der Waals surface area contributed by atoms with Crippen molar-refractivity contribution in [2.75, 3.05) is 10.7 Å². The zero-order chi connectivity index (χ0) is 15.6. The standard InChI is InChI=1S/C12H9F3N4O2/c13-9-4-11(15)12(5-10(9)14)17-6-1-7(18-16)3-8(2-6)19(20)21/h1-5,17-18H,16H2. The summed E-state index contributed by atoms with van der Waals surface area (Å²) < 4.78 is 39.4. The highest BCUT2D eigenvalue weighted by Crippen LogP contribution is 2.28. The summed E-state index contributed by atoms with van der Waals surface area (Å²) >= 11 is 0. The average Bonchev–Trinajstić information content (AvgIpc) is 2.44. The smallest absolute Gasteiger partial charge is 0.273 e. The normalized spacial score (nSPS) is 10.3. The Morgan fingerprint density at radius 1 is 0.952 bits per heavy atom. The molecular formula is C12H9F3N4O2. The van der Waals surface area contributed by atoms with Gasteiger partial charge in [0.25, 0.3) is 5.69 Å². The van der Waals surface area contributed by atoms with Gasteiger partial charge in [0.15, 0.2) is 11.6 Å². The molecule has 9 heteroatoms. The molecule has 0 aliphatic rings. The van der Waals surface area contributed by atoms with E-state index in [2.05, 4.69) is 10.7 Å². The predicted octanol–water partition coefficient (Wildman–Crippen LogP) is 3.04. The van der Waals surface area contributed by atoms with E-state index in [0.29, 0.717) is 12.1 Å². The maximum absolute atomic E-state index is 13.5. The Morgan fingerprint density at radius 2 is 1.57 bits per heavy atom. The molecule has 2 rings (SSSR count). The van der Waals surface area contributed by atoms with Crippen molar-refractivity contribution in [3.05, 3.63) is 57.9 Å². The van der Waals surface area contributed by atoms with Gasteiger partial charge in [-0.3, -0.25) is 16.0 Å². The number of nitro groups is 1. The lowest BCUT2D eigenvalue weighted by Gasteiger charge is -2.10. The van der Waals surface area contributed by atoms with Crippen LogP contribution in [0, 0.1) is 27.6 Å². The first-order chi connectivity index (χ1) is 9.90. The summed E-state index contributed by atoms with van der Waals surface area (Å²) in [5, 5.41) is 13.2. The fourth-order valence-electron chi connectivity index (χ4n) is 1.65. The molecule has 0 amide bonds. The highest BCUT2D eigenvalue weighted by Gasteiger charge is 2.13. The topological polar surface area (TPSA) is 93.2 Å². The fourth-order valence-corrected chi connectivity index (χ4v) is 1.65. The van der Waals surface area contributed by atoms with Gasteiger partial charge >= 0.3 is 0 Å².